The van der Waals surface area contributed by atoms with Gasteiger partial charge in [-0.3, -0.25) is 4.90 Å². The first-order valence-electron chi connectivity index (χ1n) is 7.14. The number of piperazine rings is 1. The van der Waals surface area contributed by atoms with Gasteiger partial charge < -0.3 is 14.8 Å². The molecule has 5 nitrogen and oxygen atoms in total. The van der Waals surface area contributed by atoms with Crippen molar-refractivity contribution in [1.29, 1.82) is 0 Å². The van der Waals surface area contributed by atoms with Gasteiger partial charge in [0.25, 0.3) is 0 Å². The van der Waals surface area contributed by atoms with Gasteiger partial charge in [0.2, 0.25) is 0 Å². The average Bonchev–Trinajstić information content (AvgIpc) is 2.80. The Morgan fingerprint density at radius 1 is 1.37 bits per heavy atom. The Balaban J connectivity index is 1.93. The van der Waals surface area contributed by atoms with Gasteiger partial charge in [0, 0.05) is 57.6 Å². The zero-order chi connectivity index (χ0) is 13.8. The highest BCUT2D eigenvalue weighted by Crippen LogP contribution is 2.14. The average molecular weight is 265 g/mol. The highest BCUT2D eigenvalue weighted by atomic mass is 15.3. The van der Waals surface area contributed by atoms with E-state index in [0.29, 0.717) is 12.1 Å². The number of imidazole rings is 1. The Morgan fingerprint density at radius 2 is 2.16 bits per heavy atom. The third kappa shape index (κ3) is 3.55. The van der Waals surface area contributed by atoms with Crippen LogP contribution in [0.3, 0.4) is 0 Å². The summed E-state index contributed by atoms with van der Waals surface area (Å²) in [6.45, 7) is 3.47. The lowest BCUT2D eigenvalue weighted by Crippen LogP contribution is -2.58. The number of rotatable bonds is 5. The van der Waals surface area contributed by atoms with E-state index in [-0.39, 0.29) is 0 Å². The van der Waals surface area contributed by atoms with E-state index in [4.69, 9.17) is 0 Å². The highest BCUT2D eigenvalue weighted by Gasteiger charge is 2.28. The number of hydrogen-bond donors (Lipinski definition) is 1. The molecule has 2 unspecified atom stereocenters. The summed E-state index contributed by atoms with van der Waals surface area (Å²) in [5.41, 5.74) is 0. The van der Waals surface area contributed by atoms with E-state index in [2.05, 4.69) is 52.9 Å². The molecule has 0 bridgehead atoms. The fraction of sp³-hybridized carbons (Fsp3) is 0.786. The Morgan fingerprint density at radius 3 is 2.79 bits per heavy atom. The number of aromatic nitrogens is 2. The Kier molecular flexibility index (Phi) is 4.96. The van der Waals surface area contributed by atoms with Crippen LogP contribution in [0.15, 0.2) is 12.4 Å². The van der Waals surface area contributed by atoms with Gasteiger partial charge >= 0.3 is 0 Å². The Hall–Kier alpha value is -0.910. The van der Waals surface area contributed by atoms with E-state index in [1.54, 1.807) is 0 Å². The highest BCUT2D eigenvalue weighted by molar-refractivity contribution is 4.95. The summed E-state index contributed by atoms with van der Waals surface area (Å²) in [5.74, 6) is 1.17. The van der Waals surface area contributed by atoms with E-state index < -0.39 is 0 Å². The smallest absolute Gasteiger partial charge is 0.108 e. The summed E-state index contributed by atoms with van der Waals surface area (Å²) in [5, 5.41) is 3.50. The van der Waals surface area contributed by atoms with Crippen molar-refractivity contribution in [2.75, 3.05) is 40.8 Å². The zero-order valence-electron chi connectivity index (χ0n) is 12.6. The topological polar surface area (TPSA) is 36.3 Å². The van der Waals surface area contributed by atoms with Gasteiger partial charge in [0.05, 0.1) is 0 Å². The van der Waals surface area contributed by atoms with Gasteiger partial charge in [-0.2, -0.15) is 0 Å². The first kappa shape index (κ1) is 14.5. The second-order valence-electron chi connectivity index (χ2n) is 5.70. The van der Waals surface area contributed by atoms with E-state index in [0.717, 1.165) is 25.9 Å². The summed E-state index contributed by atoms with van der Waals surface area (Å²) >= 11 is 0. The third-order valence-electron chi connectivity index (χ3n) is 4.33. The molecule has 1 fully saturated rings. The van der Waals surface area contributed by atoms with Crippen LogP contribution in [0, 0.1) is 0 Å². The molecule has 1 N–H and O–H groups in total. The normalized spacial score (nSPS) is 23.7. The van der Waals surface area contributed by atoms with E-state index >= 15 is 0 Å². The molecule has 2 heterocycles. The molecule has 108 valence electrons. The first-order chi connectivity index (χ1) is 9.11. The predicted molar refractivity (Wildman–Crippen MR) is 78.3 cm³/mol. The maximum Gasteiger partial charge on any atom is 0.108 e. The first-order valence-corrected chi connectivity index (χ1v) is 7.14. The molecule has 1 aromatic rings. The van der Waals surface area contributed by atoms with Gasteiger partial charge in [0.1, 0.15) is 5.82 Å². The van der Waals surface area contributed by atoms with E-state index in [1.165, 1.54) is 12.4 Å². The minimum atomic E-state index is 0.518. The van der Waals surface area contributed by atoms with Crippen molar-refractivity contribution in [3.8, 4) is 0 Å². The summed E-state index contributed by atoms with van der Waals surface area (Å²) in [6.07, 6.45) is 6.06. The second kappa shape index (κ2) is 6.50. The van der Waals surface area contributed by atoms with Gasteiger partial charge in [0.15, 0.2) is 0 Å². The van der Waals surface area contributed by atoms with Gasteiger partial charge in [-0.15, -0.1) is 0 Å². The van der Waals surface area contributed by atoms with Crippen molar-refractivity contribution in [1.82, 2.24) is 24.7 Å². The molecule has 1 aromatic heterocycles. The second-order valence-corrected chi connectivity index (χ2v) is 5.70. The SMILES string of the molecule is CNC(CCc1nccn1C)C1CN(C)CCN1C. The fourth-order valence-electron chi connectivity index (χ4n) is 2.93. The van der Waals surface area contributed by atoms with Crippen molar-refractivity contribution in [2.45, 2.75) is 24.9 Å². The van der Waals surface area contributed by atoms with Crippen molar-refractivity contribution in [3.05, 3.63) is 18.2 Å². The van der Waals surface area contributed by atoms with Gasteiger partial charge in [-0.25, -0.2) is 4.98 Å². The zero-order valence-corrected chi connectivity index (χ0v) is 12.6. The lowest BCUT2D eigenvalue weighted by atomic mass is 9.99. The molecule has 5 heteroatoms. The molecule has 0 spiro atoms. The fourth-order valence-corrected chi connectivity index (χ4v) is 2.93. The molecule has 0 aliphatic carbocycles. The van der Waals surface area contributed by atoms with Crippen LogP contribution in [-0.2, 0) is 13.5 Å². The lowest BCUT2D eigenvalue weighted by Gasteiger charge is -2.42. The van der Waals surface area contributed by atoms with Crippen molar-refractivity contribution < 1.29 is 0 Å². The van der Waals surface area contributed by atoms with Crippen LogP contribution < -0.4 is 5.32 Å². The summed E-state index contributed by atoms with van der Waals surface area (Å²) in [7, 11) is 8.59. The van der Waals surface area contributed by atoms with Crippen LogP contribution >= 0.6 is 0 Å². The van der Waals surface area contributed by atoms with Crippen LogP contribution in [0.1, 0.15) is 12.2 Å². The quantitative estimate of drug-likeness (QED) is 0.824. The summed E-state index contributed by atoms with van der Waals surface area (Å²) < 4.78 is 2.11. The largest absolute Gasteiger partial charge is 0.338 e. The van der Waals surface area contributed by atoms with Gasteiger partial charge in [-0.1, -0.05) is 0 Å². The van der Waals surface area contributed by atoms with Crippen molar-refractivity contribution in [2.24, 2.45) is 7.05 Å². The number of nitrogens with zero attached hydrogens (tertiary/aromatic N) is 4. The molecule has 0 radical (unpaired) electrons. The molecular formula is C14H27N5. The molecule has 2 rings (SSSR count). The third-order valence-corrected chi connectivity index (χ3v) is 4.33. The van der Waals surface area contributed by atoms with Crippen LogP contribution in [0.5, 0.6) is 0 Å². The summed E-state index contributed by atoms with van der Waals surface area (Å²) in [4.78, 5) is 9.32. The van der Waals surface area contributed by atoms with E-state index in [9.17, 15) is 0 Å². The minimum Gasteiger partial charge on any atom is -0.338 e. The molecular weight excluding hydrogens is 238 g/mol. The van der Waals surface area contributed by atoms with E-state index in [1.807, 2.05) is 12.4 Å². The monoisotopic (exact) mass is 265 g/mol. The van der Waals surface area contributed by atoms with Crippen LogP contribution in [0.25, 0.3) is 0 Å². The summed E-state index contributed by atoms with van der Waals surface area (Å²) in [6, 6.07) is 1.11. The minimum absolute atomic E-state index is 0.518. The molecule has 1 saturated heterocycles. The maximum absolute atomic E-state index is 4.41. The molecule has 0 aromatic carbocycles. The van der Waals surface area contributed by atoms with Crippen LogP contribution in [0.2, 0.25) is 0 Å². The Labute approximate surface area is 116 Å². The van der Waals surface area contributed by atoms with Crippen molar-refractivity contribution in [3.63, 3.8) is 0 Å². The predicted octanol–water partition coefficient (Wildman–Crippen LogP) is 0.187. The lowest BCUT2D eigenvalue weighted by molar-refractivity contribution is 0.0873. The molecule has 1 aliphatic rings. The number of aryl methyl sites for hydroxylation is 2. The molecule has 1 aliphatic heterocycles. The molecule has 2 atom stereocenters. The Bertz CT molecular complexity index is 389. The van der Waals surface area contributed by atoms with Crippen LogP contribution in [-0.4, -0.2) is 72.2 Å². The van der Waals surface area contributed by atoms with Crippen LogP contribution in [0.4, 0.5) is 0 Å². The van der Waals surface area contributed by atoms with Crippen molar-refractivity contribution >= 4 is 0 Å². The standard InChI is InChI=1S/C14H27N5/c1-15-12(5-6-14-16-7-8-19(14)4)13-11-17(2)9-10-18(13)3/h7-8,12-13,15H,5-6,9-11H2,1-4H3. The molecule has 19 heavy (non-hydrogen) atoms. The number of hydrogen-bond acceptors (Lipinski definition) is 4. The molecule has 0 amide bonds. The van der Waals surface area contributed by atoms with Gasteiger partial charge in [-0.05, 0) is 27.6 Å². The number of nitrogens with one attached hydrogen (secondary N) is 1. The molecule has 0 saturated carbocycles. The maximum atomic E-state index is 4.41. The number of likely N-dealkylation sites (N-methyl/N-ethyl adjacent to an activating group) is 3.